The number of nitrogens with one attached hydrogen (secondary N) is 1. The Kier molecular flexibility index (Phi) is 2.75. The molecule has 1 aliphatic heterocycles. The molecule has 2 rings (SSSR count). The first kappa shape index (κ1) is 11.2. The molecule has 0 aromatic heterocycles. The van der Waals surface area contributed by atoms with Crippen LogP contribution in [0.1, 0.15) is 43.9 Å². The molecular weight excluding hydrogens is 198 g/mol. The molecule has 0 bridgehead atoms. The Morgan fingerprint density at radius 3 is 2.75 bits per heavy atom. The fraction of sp³-hybridized carbons (Fsp3) is 0.500. The quantitative estimate of drug-likeness (QED) is 0.810. The molecule has 16 heavy (non-hydrogen) atoms. The van der Waals surface area contributed by atoms with Crippen LogP contribution in [0.4, 0.5) is 0 Å². The fourth-order valence-electron chi connectivity index (χ4n) is 2.02. The Morgan fingerprint density at radius 1 is 1.31 bits per heavy atom. The summed E-state index contributed by atoms with van der Waals surface area (Å²) in [6.07, 6.45) is 1.65. The van der Waals surface area contributed by atoms with Gasteiger partial charge in [-0.2, -0.15) is 0 Å². The van der Waals surface area contributed by atoms with Crippen molar-refractivity contribution in [1.82, 2.24) is 5.32 Å². The second-order valence-corrected chi connectivity index (χ2v) is 5.17. The van der Waals surface area contributed by atoms with Crippen molar-refractivity contribution in [3.8, 4) is 0 Å². The molecule has 0 fully saturated rings. The Bertz CT molecular complexity index is 421. The summed E-state index contributed by atoms with van der Waals surface area (Å²) in [6, 6.07) is 6.53. The molecule has 1 amide bonds. The summed E-state index contributed by atoms with van der Waals surface area (Å²) < 4.78 is 0. The van der Waals surface area contributed by atoms with Gasteiger partial charge in [-0.25, -0.2) is 0 Å². The van der Waals surface area contributed by atoms with E-state index in [1.54, 1.807) is 0 Å². The highest BCUT2D eigenvalue weighted by atomic mass is 16.1. The molecule has 0 radical (unpaired) electrons. The van der Waals surface area contributed by atoms with Crippen LogP contribution in [0.3, 0.4) is 0 Å². The smallest absolute Gasteiger partial charge is 0.224 e. The Labute approximate surface area is 97.1 Å². The number of hydrogen-bond donors (Lipinski definition) is 1. The average molecular weight is 217 g/mol. The molecule has 0 saturated carbocycles. The predicted octanol–water partition coefficient (Wildman–Crippen LogP) is 2.55. The lowest BCUT2D eigenvalue weighted by Crippen LogP contribution is -2.30. The van der Waals surface area contributed by atoms with Gasteiger partial charge in [-0.15, -0.1) is 0 Å². The zero-order valence-electron chi connectivity index (χ0n) is 10.3. The third-order valence-electron chi connectivity index (χ3n) is 3.70. The van der Waals surface area contributed by atoms with Gasteiger partial charge in [-0.3, -0.25) is 4.79 Å². The minimum absolute atomic E-state index is 0.134. The van der Waals surface area contributed by atoms with E-state index >= 15 is 0 Å². The topological polar surface area (TPSA) is 29.1 Å². The molecule has 0 saturated heterocycles. The SMILES string of the molecule is CCC(C)(C)c1ccc2c(c1)CNC(=O)C2. The van der Waals surface area contributed by atoms with Crippen LogP contribution >= 0.6 is 0 Å². The van der Waals surface area contributed by atoms with E-state index in [2.05, 4.69) is 44.3 Å². The Hall–Kier alpha value is -1.31. The minimum Gasteiger partial charge on any atom is -0.352 e. The van der Waals surface area contributed by atoms with Crippen molar-refractivity contribution in [3.05, 3.63) is 34.9 Å². The molecule has 2 nitrogen and oxygen atoms in total. The van der Waals surface area contributed by atoms with Crippen molar-refractivity contribution in [1.29, 1.82) is 0 Å². The standard InChI is InChI=1S/C14H19NO/c1-4-14(2,3)12-6-5-10-8-13(16)15-9-11(10)7-12/h5-7H,4,8-9H2,1-3H3,(H,15,16). The minimum atomic E-state index is 0.134. The summed E-state index contributed by atoms with van der Waals surface area (Å²) in [7, 11) is 0. The summed E-state index contributed by atoms with van der Waals surface area (Å²) >= 11 is 0. The van der Waals surface area contributed by atoms with Gasteiger partial charge in [0, 0.05) is 6.54 Å². The molecule has 86 valence electrons. The average Bonchev–Trinajstić information content (AvgIpc) is 2.28. The number of rotatable bonds is 2. The summed E-state index contributed by atoms with van der Waals surface area (Å²) in [5.41, 5.74) is 4.04. The summed E-state index contributed by atoms with van der Waals surface area (Å²) in [6.45, 7) is 7.41. The third-order valence-corrected chi connectivity index (χ3v) is 3.70. The van der Waals surface area contributed by atoms with Crippen LogP contribution < -0.4 is 5.32 Å². The lowest BCUT2D eigenvalue weighted by molar-refractivity contribution is -0.121. The number of fused-ring (bicyclic) bond motifs is 1. The van der Waals surface area contributed by atoms with Gasteiger partial charge in [0.05, 0.1) is 6.42 Å². The molecule has 0 atom stereocenters. The number of benzene rings is 1. The van der Waals surface area contributed by atoms with Gasteiger partial charge in [0.2, 0.25) is 5.91 Å². The molecular formula is C14H19NO. The van der Waals surface area contributed by atoms with Crippen molar-refractivity contribution in [3.63, 3.8) is 0 Å². The molecule has 2 heteroatoms. The van der Waals surface area contributed by atoms with Crippen LogP contribution in [0.25, 0.3) is 0 Å². The molecule has 1 heterocycles. The summed E-state index contributed by atoms with van der Waals surface area (Å²) in [4.78, 5) is 11.3. The maximum Gasteiger partial charge on any atom is 0.224 e. The molecule has 0 aliphatic carbocycles. The highest BCUT2D eigenvalue weighted by molar-refractivity contribution is 5.80. The Balaban J connectivity index is 2.36. The molecule has 0 unspecified atom stereocenters. The highest BCUT2D eigenvalue weighted by Gasteiger charge is 2.21. The van der Waals surface area contributed by atoms with Gasteiger partial charge in [-0.05, 0) is 28.5 Å². The maximum atomic E-state index is 11.3. The van der Waals surface area contributed by atoms with Crippen molar-refractivity contribution < 1.29 is 4.79 Å². The van der Waals surface area contributed by atoms with Crippen molar-refractivity contribution in [2.75, 3.05) is 0 Å². The van der Waals surface area contributed by atoms with E-state index < -0.39 is 0 Å². The lowest BCUT2D eigenvalue weighted by Gasteiger charge is -2.26. The first-order valence-corrected chi connectivity index (χ1v) is 5.92. The van der Waals surface area contributed by atoms with E-state index in [0.29, 0.717) is 13.0 Å². The Morgan fingerprint density at radius 2 is 2.06 bits per heavy atom. The zero-order chi connectivity index (χ0) is 11.8. The third kappa shape index (κ3) is 1.97. The van der Waals surface area contributed by atoms with Gasteiger partial charge in [0.1, 0.15) is 0 Å². The first-order chi connectivity index (χ1) is 7.53. The molecule has 0 spiro atoms. The van der Waals surface area contributed by atoms with Crippen LogP contribution in [-0.2, 0) is 23.2 Å². The van der Waals surface area contributed by atoms with Crippen LogP contribution in [-0.4, -0.2) is 5.91 Å². The monoisotopic (exact) mass is 217 g/mol. The van der Waals surface area contributed by atoms with Gasteiger partial charge >= 0.3 is 0 Å². The van der Waals surface area contributed by atoms with E-state index in [9.17, 15) is 4.79 Å². The highest BCUT2D eigenvalue weighted by Crippen LogP contribution is 2.29. The van der Waals surface area contributed by atoms with E-state index in [-0.39, 0.29) is 11.3 Å². The normalized spacial score (nSPS) is 15.6. The predicted molar refractivity (Wildman–Crippen MR) is 65.3 cm³/mol. The van der Waals surface area contributed by atoms with Crippen LogP contribution in [0, 0.1) is 0 Å². The van der Waals surface area contributed by atoms with E-state index in [1.165, 1.54) is 16.7 Å². The first-order valence-electron chi connectivity index (χ1n) is 5.92. The summed E-state index contributed by atoms with van der Waals surface area (Å²) in [5.74, 6) is 0.134. The lowest BCUT2D eigenvalue weighted by atomic mass is 9.80. The van der Waals surface area contributed by atoms with Crippen molar-refractivity contribution in [2.45, 2.75) is 45.6 Å². The van der Waals surface area contributed by atoms with Crippen LogP contribution in [0.15, 0.2) is 18.2 Å². The fourth-order valence-corrected chi connectivity index (χ4v) is 2.02. The van der Waals surface area contributed by atoms with Gasteiger partial charge in [-0.1, -0.05) is 39.0 Å². The molecule has 1 aromatic carbocycles. The van der Waals surface area contributed by atoms with E-state index in [0.717, 1.165) is 6.42 Å². The van der Waals surface area contributed by atoms with E-state index in [4.69, 9.17) is 0 Å². The zero-order valence-corrected chi connectivity index (χ0v) is 10.3. The molecule has 1 aromatic rings. The summed E-state index contributed by atoms with van der Waals surface area (Å²) in [5, 5.41) is 2.90. The second-order valence-electron chi connectivity index (χ2n) is 5.17. The molecule has 1 aliphatic rings. The van der Waals surface area contributed by atoms with Gasteiger partial charge in [0.15, 0.2) is 0 Å². The van der Waals surface area contributed by atoms with Gasteiger partial charge in [0.25, 0.3) is 0 Å². The largest absolute Gasteiger partial charge is 0.352 e. The van der Waals surface area contributed by atoms with Gasteiger partial charge < -0.3 is 5.32 Å². The number of carbonyl (C=O) groups is 1. The number of carbonyl (C=O) groups excluding carboxylic acids is 1. The number of amides is 1. The molecule has 1 N–H and O–H groups in total. The van der Waals surface area contributed by atoms with E-state index in [1.807, 2.05) is 0 Å². The second kappa shape index (κ2) is 3.93. The van der Waals surface area contributed by atoms with Crippen LogP contribution in [0.5, 0.6) is 0 Å². The van der Waals surface area contributed by atoms with Crippen LogP contribution in [0.2, 0.25) is 0 Å². The number of hydrogen-bond acceptors (Lipinski definition) is 1. The van der Waals surface area contributed by atoms with Crippen molar-refractivity contribution in [2.24, 2.45) is 0 Å². The van der Waals surface area contributed by atoms with Crippen molar-refractivity contribution >= 4 is 5.91 Å². The maximum absolute atomic E-state index is 11.3.